The van der Waals surface area contributed by atoms with Gasteiger partial charge in [0.1, 0.15) is 11.6 Å². The van der Waals surface area contributed by atoms with Crippen LogP contribution >= 0.6 is 0 Å². The topological polar surface area (TPSA) is 67.4 Å². The van der Waals surface area contributed by atoms with Crippen LogP contribution in [0.1, 0.15) is 24.3 Å². The van der Waals surface area contributed by atoms with E-state index < -0.39 is 23.5 Å². The molecule has 1 aromatic rings. The lowest BCUT2D eigenvalue weighted by molar-refractivity contribution is -0.123. The summed E-state index contributed by atoms with van der Waals surface area (Å²) in [5, 5.41) is 5.27. The predicted octanol–water partition coefficient (Wildman–Crippen LogP) is 1.34. The highest BCUT2D eigenvalue weighted by Gasteiger charge is 2.46. The first-order chi connectivity index (χ1) is 11.0. The molecule has 1 saturated carbocycles. The number of hydrogen-bond donors (Lipinski definition) is 2. The number of ether oxygens (including phenoxy) is 1. The Hall–Kier alpha value is -2.02. The molecule has 2 amide bonds. The summed E-state index contributed by atoms with van der Waals surface area (Å²) in [5.74, 6) is -2.56. The Balaban J connectivity index is 1.73. The summed E-state index contributed by atoms with van der Waals surface area (Å²) in [5.41, 5.74) is -0.0232. The van der Waals surface area contributed by atoms with Gasteiger partial charge in [0, 0.05) is 44.0 Å². The second kappa shape index (κ2) is 8.01. The highest BCUT2D eigenvalue weighted by molar-refractivity contribution is 5.83. The Morgan fingerprint density at radius 3 is 2.57 bits per heavy atom. The third-order valence-electron chi connectivity index (χ3n) is 3.78. The van der Waals surface area contributed by atoms with Crippen LogP contribution in [0.15, 0.2) is 18.2 Å². The second-order valence-electron chi connectivity index (χ2n) is 5.47. The van der Waals surface area contributed by atoms with Gasteiger partial charge in [-0.1, -0.05) is 6.07 Å². The van der Waals surface area contributed by atoms with Crippen molar-refractivity contribution in [3.8, 4) is 0 Å². The van der Waals surface area contributed by atoms with Gasteiger partial charge < -0.3 is 15.4 Å². The molecule has 1 aliphatic rings. The van der Waals surface area contributed by atoms with Crippen LogP contribution in [0.4, 0.5) is 8.78 Å². The number of benzene rings is 1. The summed E-state index contributed by atoms with van der Waals surface area (Å²) in [7, 11) is 1.54. The van der Waals surface area contributed by atoms with Crippen LogP contribution in [0.2, 0.25) is 0 Å². The zero-order valence-electron chi connectivity index (χ0n) is 12.9. The van der Waals surface area contributed by atoms with Crippen LogP contribution < -0.4 is 10.6 Å². The second-order valence-corrected chi connectivity index (χ2v) is 5.47. The maximum absolute atomic E-state index is 13.6. The fourth-order valence-electron chi connectivity index (χ4n) is 2.48. The van der Waals surface area contributed by atoms with E-state index in [9.17, 15) is 18.4 Å². The number of methoxy groups -OCH3 is 1. The van der Waals surface area contributed by atoms with Crippen molar-refractivity contribution >= 4 is 11.8 Å². The first-order valence-corrected chi connectivity index (χ1v) is 7.51. The van der Waals surface area contributed by atoms with Crippen molar-refractivity contribution in [1.29, 1.82) is 0 Å². The molecule has 7 heteroatoms. The molecule has 0 heterocycles. The Morgan fingerprint density at radius 1 is 1.22 bits per heavy atom. The van der Waals surface area contributed by atoms with E-state index in [2.05, 4.69) is 10.6 Å². The molecule has 126 valence electrons. The monoisotopic (exact) mass is 326 g/mol. The average Bonchev–Trinajstić information content (AvgIpc) is 3.27. The molecule has 0 spiro atoms. The van der Waals surface area contributed by atoms with Crippen LogP contribution in [0.3, 0.4) is 0 Å². The quantitative estimate of drug-likeness (QED) is 0.709. The third-order valence-corrected chi connectivity index (χ3v) is 3.78. The number of carbonyl (C=O) groups excluding carboxylic acids is 2. The fourth-order valence-corrected chi connectivity index (χ4v) is 2.48. The van der Waals surface area contributed by atoms with Gasteiger partial charge in [0.2, 0.25) is 11.8 Å². The van der Waals surface area contributed by atoms with Crippen LogP contribution in [0.5, 0.6) is 0 Å². The molecular weight excluding hydrogens is 306 g/mol. The molecule has 0 radical (unpaired) electrons. The van der Waals surface area contributed by atoms with Crippen LogP contribution in [-0.4, -0.2) is 38.6 Å². The summed E-state index contributed by atoms with van der Waals surface area (Å²) in [6.07, 6.45) is 0.574. The first-order valence-electron chi connectivity index (χ1n) is 7.51. The van der Waals surface area contributed by atoms with E-state index in [0.717, 1.165) is 0 Å². The Morgan fingerprint density at radius 2 is 1.91 bits per heavy atom. The molecule has 0 aromatic heterocycles. The lowest BCUT2D eigenvalue weighted by atomic mass is 10.1. The normalized spacial score (nSPS) is 19.3. The molecule has 5 nitrogen and oxygen atoms in total. The lowest BCUT2D eigenvalue weighted by Gasteiger charge is -2.07. The largest absolute Gasteiger partial charge is 0.383 e. The van der Waals surface area contributed by atoms with Crippen LogP contribution in [0, 0.1) is 17.6 Å². The van der Waals surface area contributed by atoms with E-state index in [4.69, 9.17) is 4.74 Å². The van der Waals surface area contributed by atoms with Crippen molar-refractivity contribution in [2.75, 3.05) is 26.8 Å². The maximum Gasteiger partial charge on any atom is 0.223 e. The molecule has 2 atom stereocenters. The van der Waals surface area contributed by atoms with Gasteiger partial charge in [-0.2, -0.15) is 0 Å². The van der Waals surface area contributed by atoms with E-state index in [-0.39, 0.29) is 30.3 Å². The molecule has 0 bridgehead atoms. The van der Waals surface area contributed by atoms with Crippen molar-refractivity contribution < 1.29 is 23.1 Å². The van der Waals surface area contributed by atoms with Gasteiger partial charge in [0.25, 0.3) is 0 Å². The smallest absolute Gasteiger partial charge is 0.223 e. The number of halogens is 2. The molecule has 2 rings (SSSR count). The van der Waals surface area contributed by atoms with Crippen molar-refractivity contribution in [2.24, 2.45) is 5.92 Å². The van der Waals surface area contributed by atoms with Gasteiger partial charge in [-0.3, -0.25) is 9.59 Å². The van der Waals surface area contributed by atoms with E-state index in [1.165, 1.54) is 25.3 Å². The fraction of sp³-hybridized carbons (Fsp3) is 0.500. The van der Waals surface area contributed by atoms with Crippen molar-refractivity contribution in [2.45, 2.75) is 18.8 Å². The van der Waals surface area contributed by atoms with Gasteiger partial charge in [-0.15, -0.1) is 0 Å². The highest BCUT2D eigenvalue weighted by atomic mass is 19.1. The molecule has 1 fully saturated rings. The lowest BCUT2D eigenvalue weighted by Crippen LogP contribution is -2.33. The van der Waals surface area contributed by atoms with Gasteiger partial charge in [-0.25, -0.2) is 8.78 Å². The molecular formula is C16H20F2N2O3. The van der Waals surface area contributed by atoms with Crippen LogP contribution in [0.25, 0.3) is 0 Å². The number of amides is 2. The minimum atomic E-state index is -0.622. The van der Waals surface area contributed by atoms with Gasteiger partial charge in [0.05, 0.1) is 6.61 Å². The number of carbonyl (C=O) groups is 2. The van der Waals surface area contributed by atoms with Gasteiger partial charge >= 0.3 is 0 Å². The van der Waals surface area contributed by atoms with Crippen molar-refractivity contribution in [1.82, 2.24) is 10.6 Å². The number of nitrogens with one attached hydrogen (secondary N) is 2. The van der Waals surface area contributed by atoms with Gasteiger partial charge in [0.15, 0.2) is 0 Å². The molecule has 1 aliphatic carbocycles. The molecule has 0 unspecified atom stereocenters. The Bertz CT molecular complexity index is 560. The summed E-state index contributed by atoms with van der Waals surface area (Å²) >= 11 is 0. The highest BCUT2D eigenvalue weighted by Crippen LogP contribution is 2.49. The van der Waals surface area contributed by atoms with E-state index in [1.807, 2.05) is 0 Å². The Labute approximate surface area is 133 Å². The molecule has 2 N–H and O–H groups in total. The Kier molecular flexibility index (Phi) is 6.04. The average molecular weight is 326 g/mol. The van der Waals surface area contributed by atoms with Crippen LogP contribution in [-0.2, 0) is 14.3 Å². The summed E-state index contributed by atoms with van der Waals surface area (Å²) in [6.45, 7) is 1.04. The summed E-state index contributed by atoms with van der Waals surface area (Å²) in [4.78, 5) is 23.4. The van der Waals surface area contributed by atoms with Crippen molar-refractivity contribution in [3.63, 3.8) is 0 Å². The zero-order valence-corrected chi connectivity index (χ0v) is 12.9. The number of rotatable bonds is 8. The van der Waals surface area contributed by atoms with E-state index in [1.54, 1.807) is 0 Å². The maximum atomic E-state index is 13.6. The SMILES string of the molecule is COCCNC(=O)CCNC(=O)[C@@H]1C[C@H]1c1c(F)cccc1F. The summed E-state index contributed by atoms with van der Waals surface area (Å²) in [6, 6.07) is 3.68. The summed E-state index contributed by atoms with van der Waals surface area (Å²) < 4.78 is 32.1. The minimum absolute atomic E-state index is 0.0232. The standard InChI is InChI=1S/C16H20F2N2O3/c1-23-8-7-19-14(21)5-6-20-16(22)11-9-10(11)15-12(17)3-2-4-13(15)18/h2-4,10-11H,5-9H2,1H3,(H,19,21)(H,20,22)/t10-,11-/m1/s1. The van der Waals surface area contributed by atoms with Crippen molar-refractivity contribution in [3.05, 3.63) is 35.4 Å². The third kappa shape index (κ3) is 4.72. The number of hydrogen-bond acceptors (Lipinski definition) is 3. The van der Waals surface area contributed by atoms with E-state index >= 15 is 0 Å². The first kappa shape index (κ1) is 17.3. The minimum Gasteiger partial charge on any atom is -0.383 e. The predicted molar refractivity (Wildman–Crippen MR) is 79.7 cm³/mol. The molecule has 0 saturated heterocycles. The molecule has 0 aliphatic heterocycles. The molecule has 1 aromatic carbocycles. The van der Waals surface area contributed by atoms with Gasteiger partial charge in [-0.05, 0) is 18.6 Å². The molecule has 23 heavy (non-hydrogen) atoms. The zero-order chi connectivity index (χ0) is 16.8. The van der Waals surface area contributed by atoms with E-state index in [0.29, 0.717) is 19.6 Å².